The molecule has 162 valence electrons. The number of rotatable bonds is 8. The van der Waals surface area contributed by atoms with Gasteiger partial charge in [-0.1, -0.05) is 36.4 Å². The fraction of sp³-hybridized carbons (Fsp3) is 0.320. The van der Waals surface area contributed by atoms with E-state index in [0.717, 1.165) is 43.0 Å². The lowest BCUT2D eigenvalue weighted by Gasteiger charge is -2.35. The zero-order valence-corrected chi connectivity index (χ0v) is 18.1. The topological polar surface area (TPSA) is 55.9 Å². The predicted octanol–water partition coefficient (Wildman–Crippen LogP) is 3.67. The molecule has 0 spiro atoms. The van der Waals surface area contributed by atoms with Gasteiger partial charge in [0.1, 0.15) is 6.61 Å². The summed E-state index contributed by atoms with van der Waals surface area (Å²) in [5.41, 5.74) is 3.16. The second kappa shape index (κ2) is 10.3. The molecule has 2 aromatic carbocycles. The SMILES string of the molecule is COc1cc(C(c2ccccn2)N2CCNCC2)cc(OC)c1OCc1ccccc1. The van der Waals surface area contributed by atoms with E-state index in [9.17, 15) is 0 Å². The average Bonchev–Trinajstić information content (AvgIpc) is 2.84. The molecule has 0 saturated carbocycles. The first-order valence-corrected chi connectivity index (χ1v) is 10.6. The Hall–Kier alpha value is -3.09. The number of aromatic nitrogens is 1. The summed E-state index contributed by atoms with van der Waals surface area (Å²) < 4.78 is 17.6. The maximum atomic E-state index is 6.13. The number of hydrogen-bond acceptors (Lipinski definition) is 6. The summed E-state index contributed by atoms with van der Waals surface area (Å²) in [5, 5.41) is 3.43. The first kappa shape index (κ1) is 21.2. The first-order chi connectivity index (χ1) is 15.3. The van der Waals surface area contributed by atoms with Crippen LogP contribution in [-0.4, -0.2) is 50.3 Å². The van der Waals surface area contributed by atoms with E-state index in [1.54, 1.807) is 14.2 Å². The van der Waals surface area contributed by atoms with Crippen LogP contribution in [0.15, 0.2) is 66.9 Å². The van der Waals surface area contributed by atoms with E-state index < -0.39 is 0 Å². The largest absolute Gasteiger partial charge is 0.493 e. The standard InChI is InChI=1S/C25H29N3O3/c1-29-22-16-20(17-23(30-2)25(22)31-18-19-8-4-3-5-9-19)24(21-10-6-7-11-27-21)28-14-12-26-13-15-28/h3-11,16-17,24,26H,12-15,18H2,1-2H3. The van der Waals surface area contributed by atoms with Crippen LogP contribution >= 0.6 is 0 Å². The monoisotopic (exact) mass is 419 g/mol. The molecule has 1 fully saturated rings. The van der Waals surface area contributed by atoms with Crippen LogP contribution in [-0.2, 0) is 6.61 Å². The Morgan fingerprint density at radius 1 is 0.935 bits per heavy atom. The van der Waals surface area contributed by atoms with E-state index in [4.69, 9.17) is 14.2 Å². The summed E-state index contributed by atoms with van der Waals surface area (Å²) >= 11 is 0. The quantitative estimate of drug-likeness (QED) is 0.601. The van der Waals surface area contributed by atoms with Gasteiger partial charge in [0.05, 0.1) is 26.0 Å². The highest BCUT2D eigenvalue weighted by molar-refractivity contribution is 5.55. The second-order valence-corrected chi connectivity index (χ2v) is 7.47. The Bertz CT molecular complexity index is 935. The minimum absolute atomic E-state index is 0.00859. The van der Waals surface area contributed by atoms with Gasteiger partial charge in [-0.3, -0.25) is 9.88 Å². The highest BCUT2D eigenvalue weighted by Crippen LogP contribution is 2.42. The first-order valence-electron chi connectivity index (χ1n) is 10.6. The summed E-state index contributed by atoms with van der Waals surface area (Å²) in [4.78, 5) is 7.11. The van der Waals surface area contributed by atoms with Crippen LogP contribution in [0.5, 0.6) is 17.2 Å². The van der Waals surface area contributed by atoms with Crippen molar-refractivity contribution in [3.05, 3.63) is 83.7 Å². The minimum atomic E-state index is 0.00859. The van der Waals surface area contributed by atoms with Gasteiger partial charge in [-0.15, -0.1) is 0 Å². The van der Waals surface area contributed by atoms with Crippen LogP contribution in [0.25, 0.3) is 0 Å². The molecule has 0 aliphatic carbocycles. The second-order valence-electron chi connectivity index (χ2n) is 7.47. The molecule has 1 aromatic heterocycles. The molecular formula is C25H29N3O3. The molecule has 6 nitrogen and oxygen atoms in total. The van der Waals surface area contributed by atoms with Gasteiger partial charge in [0.15, 0.2) is 11.5 Å². The Morgan fingerprint density at radius 3 is 2.23 bits per heavy atom. The van der Waals surface area contributed by atoms with Gasteiger partial charge >= 0.3 is 0 Å². The van der Waals surface area contributed by atoms with Crippen LogP contribution in [0, 0.1) is 0 Å². The number of nitrogens with zero attached hydrogens (tertiary/aromatic N) is 2. The number of piperazine rings is 1. The Morgan fingerprint density at radius 2 is 1.61 bits per heavy atom. The fourth-order valence-electron chi connectivity index (χ4n) is 3.98. The molecule has 1 atom stereocenters. The van der Waals surface area contributed by atoms with Crippen molar-refractivity contribution in [1.29, 1.82) is 0 Å². The zero-order valence-electron chi connectivity index (χ0n) is 18.1. The minimum Gasteiger partial charge on any atom is -0.493 e. The van der Waals surface area contributed by atoms with Crippen LogP contribution in [0.1, 0.15) is 22.9 Å². The predicted molar refractivity (Wildman–Crippen MR) is 121 cm³/mol. The molecule has 0 amide bonds. The van der Waals surface area contributed by atoms with Crippen molar-refractivity contribution in [2.45, 2.75) is 12.6 Å². The summed E-state index contributed by atoms with van der Waals surface area (Å²) in [6, 6.07) is 20.2. The van der Waals surface area contributed by atoms with Crippen molar-refractivity contribution in [2.24, 2.45) is 0 Å². The fourth-order valence-corrected chi connectivity index (χ4v) is 3.98. The molecule has 1 N–H and O–H groups in total. The third kappa shape index (κ3) is 4.98. The third-order valence-electron chi connectivity index (χ3n) is 5.51. The highest BCUT2D eigenvalue weighted by Gasteiger charge is 2.27. The van der Waals surface area contributed by atoms with Crippen LogP contribution < -0.4 is 19.5 Å². The van der Waals surface area contributed by atoms with Crippen molar-refractivity contribution in [3.8, 4) is 17.2 Å². The number of hydrogen-bond donors (Lipinski definition) is 1. The van der Waals surface area contributed by atoms with Crippen molar-refractivity contribution in [2.75, 3.05) is 40.4 Å². The molecule has 1 unspecified atom stereocenters. The van der Waals surface area contributed by atoms with Gasteiger partial charge in [-0.2, -0.15) is 0 Å². The molecule has 4 rings (SSSR count). The molecule has 2 heterocycles. The summed E-state index contributed by atoms with van der Waals surface area (Å²) in [5.74, 6) is 1.92. The lowest BCUT2D eigenvalue weighted by molar-refractivity contribution is 0.194. The summed E-state index contributed by atoms with van der Waals surface area (Å²) in [6.07, 6.45) is 1.84. The number of pyridine rings is 1. The molecular weight excluding hydrogens is 390 g/mol. The normalized spacial score (nSPS) is 15.3. The van der Waals surface area contributed by atoms with Crippen LogP contribution in [0.2, 0.25) is 0 Å². The molecule has 31 heavy (non-hydrogen) atoms. The van der Waals surface area contributed by atoms with Crippen molar-refractivity contribution in [3.63, 3.8) is 0 Å². The zero-order chi connectivity index (χ0) is 21.5. The molecule has 1 aliphatic heterocycles. The molecule has 3 aromatic rings. The van der Waals surface area contributed by atoms with Gasteiger partial charge in [0, 0.05) is 32.4 Å². The molecule has 0 radical (unpaired) electrons. The lowest BCUT2D eigenvalue weighted by Crippen LogP contribution is -2.45. The lowest BCUT2D eigenvalue weighted by atomic mass is 9.99. The smallest absolute Gasteiger partial charge is 0.203 e. The number of benzene rings is 2. The number of nitrogens with one attached hydrogen (secondary N) is 1. The summed E-state index contributed by atoms with van der Waals surface area (Å²) in [6.45, 7) is 4.23. The molecule has 1 aliphatic rings. The Labute approximate surface area is 183 Å². The third-order valence-corrected chi connectivity index (χ3v) is 5.51. The highest BCUT2D eigenvalue weighted by atomic mass is 16.5. The van der Waals surface area contributed by atoms with Gasteiger partial charge < -0.3 is 19.5 Å². The van der Waals surface area contributed by atoms with E-state index in [-0.39, 0.29) is 6.04 Å². The molecule has 1 saturated heterocycles. The Kier molecular flexibility index (Phi) is 7.02. The number of methoxy groups -OCH3 is 2. The van der Waals surface area contributed by atoms with Gasteiger partial charge in [0.2, 0.25) is 5.75 Å². The van der Waals surface area contributed by atoms with E-state index >= 15 is 0 Å². The van der Waals surface area contributed by atoms with E-state index in [1.807, 2.05) is 60.8 Å². The van der Waals surface area contributed by atoms with Gasteiger partial charge in [-0.25, -0.2) is 0 Å². The van der Waals surface area contributed by atoms with E-state index in [1.165, 1.54) is 0 Å². The van der Waals surface area contributed by atoms with Crippen molar-refractivity contribution in [1.82, 2.24) is 15.2 Å². The van der Waals surface area contributed by atoms with E-state index in [0.29, 0.717) is 23.9 Å². The maximum absolute atomic E-state index is 6.13. The van der Waals surface area contributed by atoms with Crippen molar-refractivity contribution >= 4 is 0 Å². The molecule has 6 heteroatoms. The van der Waals surface area contributed by atoms with Gasteiger partial charge in [0.25, 0.3) is 0 Å². The van der Waals surface area contributed by atoms with Gasteiger partial charge in [-0.05, 0) is 35.4 Å². The number of ether oxygens (including phenoxy) is 3. The van der Waals surface area contributed by atoms with Crippen LogP contribution in [0.3, 0.4) is 0 Å². The van der Waals surface area contributed by atoms with Crippen LogP contribution in [0.4, 0.5) is 0 Å². The Balaban J connectivity index is 1.70. The van der Waals surface area contributed by atoms with E-state index in [2.05, 4.69) is 21.3 Å². The maximum Gasteiger partial charge on any atom is 0.203 e. The average molecular weight is 420 g/mol. The molecule has 0 bridgehead atoms. The van der Waals surface area contributed by atoms with Crippen molar-refractivity contribution < 1.29 is 14.2 Å². The summed E-state index contributed by atoms with van der Waals surface area (Å²) in [7, 11) is 3.32.